The lowest BCUT2D eigenvalue weighted by atomic mass is 10.2. The molecule has 0 bridgehead atoms. The van der Waals surface area contributed by atoms with Crippen molar-refractivity contribution < 1.29 is 13.2 Å². The van der Waals surface area contributed by atoms with E-state index >= 15 is 0 Å². The van der Waals surface area contributed by atoms with Crippen LogP contribution in [-0.2, 0) is 23.1 Å². The van der Waals surface area contributed by atoms with Crippen LogP contribution in [-0.4, -0.2) is 24.8 Å². The molecular formula is C20H20N2O3S. The first kappa shape index (κ1) is 18.1. The summed E-state index contributed by atoms with van der Waals surface area (Å²) in [4.78, 5) is 4.18. The van der Waals surface area contributed by atoms with E-state index in [0.717, 1.165) is 11.1 Å². The Bertz CT molecular complexity index is 886. The van der Waals surface area contributed by atoms with E-state index in [-0.39, 0.29) is 18.0 Å². The second-order valence-electron chi connectivity index (χ2n) is 5.78. The Kier molecular flexibility index (Phi) is 5.65. The van der Waals surface area contributed by atoms with Gasteiger partial charge in [-0.25, -0.2) is 13.4 Å². The van der Waals surface area contributed by atoms with E-state index in [1.165, 1.54) is 23.7 Å². The van der Waals surface area contributed by atoms with Crippen molar-refractivity contribution in [2.24, 2.45) is 0 Å². The van der Waals surface area contributed by atoms with Gasteiger partial charge in [0.05, 0.1) is 13.3 Å². The van der Waals surface area contributed by atoms with Crippen LogP contribution in [0.5, 0.6) is 5.88 Å². The monoisotopic (exact) mass is 368 g/mol. The third-order valence-electron chi connectivity index (χ3n) is 3.96. The second kappa shape index (κ2) is 8.12. The summed E-state index contributed by atoms with van der Waals surface area (Å²) in [5.41, 5.74) is 1.85. The van der Waals surface area contributed by atoms with Gasteiger partial charge < -0.3 is 4.74 Å². The second-order valence-corrected chi connectivity index (χ2v) is 7.72. The number of ether oxygens (including phenoxy) is 1. The van der Waals surface area contributed by atoms with Gasteiger partial charge >= 0.3 is 0 Å². The summed E-state index contributed by atoms with van der Waals surface area (Å²) < 4.78 is 32.8. The maximum absolute atomic E-state index is 13.2. The Morgan fingerprint density at radius 2 is 1.38 bits per heavy atom. The SMILES string of the molecule is COc1ccc(S(=O)(=O)N(Cc2ccccc2)Cc2ccccc2)cn1. The molecule has 0 radical (unpaired) electrons. The van der Waals surface area contributed by atoms with Crippen LogP contribution in [0.4, 0.5) is 0 Å². The Labute approximate surface area is 153 Å². The highest BCUT2D eigenvalue weighted by molar-refractivity contribution is 7.89. The van der Waals surface area contributed by atoms with Crippen molar-refractivity contribution in [1.82, 2.24) is 9.29 Å². The molecule has 26 heavy (non-hydrogen) atoms. The fourth-order valence-corrected chi connectivity index (χ4v) is 3.95. The maximum atomic E-state index is 13.2. The summed E-state index contributed by atoms with van der Waals surface area (Å²) >= 11 is 0. The van der Waals surface area contributed by atoms with Gasteiger partial charge in [-0.15, -0.1) is 0 Å². The smallest absolute Gasteiger partial charge is 0.245 e. The predicted octanol–water partition coefficient (Wildman–Crippen LogP) is 3.48. The van der Waals surface area contributed by atoms with Gasteiger partial charge in [-0.3, -0.25) is 0 Å². The van der Waals surface area contributed by atoms with Crippen LogP contribution in [0.3, 0.4) is 0 Å². The normalized spacial score (nSPS) is 11.5. The van der Waals surface area contributed by atoms with E-state index < -0.39 is 10.0 Å². The molecule has 1 aromatic heterocycles. The molecule has 0 fully saturated rings. The minimum absolute atomic E-state index is 0.144. The third-order valence-corrected chi connectivity index (χ3v) is 5.73. The highest BCUT2D eigenvalue weighted by Crippen LogP contribution is 2.22. The molecule has 0 aliphatic carbocycles. The van der Waals surface area contributed by atoms with E-state index in [9.17, 15) is 8.42 Å². The predicted molar refractivity (Wildman–Crippen MR) is 100 cm³/mol. The molecule has 0 unspecified atom stereocenters. The lowest BCUT2D eigenvalue weighted by Gasteiger charge is -2.22. The Hall–Kier alpha value is -2.70. The Balaban J connectivity index is 1.94. The molecule has 0 saturated carbocycles. The van der Waals surface area contributed by atoms with Crippen LogP contribution in [0.1, 0.15) is 11.1 Å². The zero-order valence-corrected chi connectivity index (χ0v) is 15.3. The Morgan fingerprint density at radius 1 is 0.846 bits per heavy atom. The van der Waals surface area contributed by atoms with Crippen LogP contribution >= 0.6 is 0 Å². The first-order valence-corrected chi connectivity index (χ1v) is 9.61. The van der Waals surface area contributed by atoms with Crippen molar-refractivity contribution in [1.29, 1.82) is 0 Å². The molecule has 0 N–H and O–H groups in total. The molecule has 134 valence electrons. The largest absolute Gasteiger partial charge is 0.481 e. The van der Waals surface area contributed by atoms with Gasteiger partial charge in [0, 0.05) is 19.2 Å². The van der Waals surface area contributed by atoms with Crippen LogP contribution in [0.25, 0.3) is 0 Å². The van der Waals surface area contributed by atoms with E-state index in [0.29, 0.717) is 5.88 Å². The van der Waals surface area contributed by atoms with Gasteiger partial charge in [0.1, 0.15) is 4.90 Å². The van der Waals surface area contributed by atoms with Crippen LogP contribution in [0.2, 0.25) is 0 Å². The van der Waals surface area contributed by atoms with Gasteiger partial charge in [-0.1, -0.05) is 60.7 Å². The molecule has 0 amide bonds. The fraction of sp³-hybridized carbons (Fsp3) is 0.150. The summed E-state index contributed by atoms with van der Waals surface area (Å²) in [7, 11) is -2.21. The van der Waals surface area contributed by atoms with E-state index in [1.807, 2.05) is 60.7 Å². The molecule has 3 rings (SSSR count). The number of hydrogen-bond donors (Lipinski definition) is 0. The number of pyridine rings is 1. The highest BCUT2D eigenvalue weighted by Gasteiger charge is 2.25. The molecule has 3 aromatic rings. The molecule has 1 heterocycles. The summed E-state index contributed by atoms with van der Waals surface area (Å²) in [5, 5.41) is 0. The number of methoxy groups -OCH3 is 1. The highest BCUT2D eigenvalue weighted by atomic mass is 32.2. The molecular weight excluding hydrogens is 348 g/mol. The number of sulfonamides is 1. The summed E-state index contributed by atoms with van der Waals surface area (Å²) in [6.07, 6.45) is 1.33. The van der Waals surface area contributed by atoms with Crippen LogP contribution in [0, 0.1) is 0 Å². The van der Waals surface area contributed by atoms with E-state index in [1.54, 1.807) is 6.07 Å². The van der Waals surface area contributed by atoms with Gasteiger partial charge in [0.15, 0.2) is 0 Å². The molecule has 2 aromatic carbocycles. The molecule has 0 spiro atoms. The van der Waals surface area contributed by atoms with Crippen LogP contribution < -0.4 is 4.74 Å². The van der Waals surface area contributed by atoms with Crippen molar-refractivity contribution in [2.75, 3.05) is 7.11 Å². The number of benzene rings is 2. The number of nitrogens with zero attached hydrogens (tertiary/aromatic N) is 2. The summed E-state index contributed by atoms with van der Waals surface area (Å²) in [5.74, 6) is 0.376. The van der Waals surface area contributed by atoms with Gasteiger partial charge in [0.2, 0.25) is 15.9 Å². The number of aromatic nitrogens is 1. The molecule has 0 saturated heterocycles. The summed E-state index contributed by atoms with van der Waals surface area (Å²) in [6.45, 7) is 0.564. The minimum atomic E-state index is -3.71. The minimum Gasteiger partial charge on any atom is -0.481 e. The van der Waals surface area contributed by atoms with Crippen molar-refractivity contribution in [3.05, 3.63) is 90.1 Å². The zero-order chi connectivity index (χ0) is 18.4. The van der Waals surface area contributed by atoms with Gasteiger partial charge in [-0.2, -0.15) is 4.31 Å². The van der Waals surface area contributed by atoms with Crippen molar-refractivity contribution >= 4 is 10.0 Å². The van der Waals surface area contributed by atoms with Crippen molar-refractivity contribution in [3.63, 3.8) is 0 Å². The lowest BCUT2D eigenvalue weighted by molar-refractivity contribution is 0.393. The molecule has 0 aliphatic heterocycles. The molecule has 5 nitrogen and oxygen atoms in total. The zero-order valence-electron chi connectivity index (χ0n) is 14.4. The Morgan fingerprint density at radius 3 is 1.81 bits per heavy atom. The van der Waals surface area contributed by atoms with Gasteiger partial charge in [0.25, 0.3) is 0 Å². The van der Waals surface area contributed by atoms with Gasteiger partial charge in [-0.05, 0) is 17.2 Å². The topological polar surface area (TPSA) is 59.5 Å². The van der Waals surface area contributed by atoms with Crippen LogP contribution in [0.15, 0.2) is 83.9 Å². The average Bonchev–Trinajstić information content (AvgIpc) is 2.69. The summed E-state index contributed by atoms with van der Waals surface area (Å²) in [6, 6.07) is 22.2. The molecule has 0 aliphatic rings. The van der Waals surface area contributed by atoms with Crippen molar-refractivity contribution in [2.45, 2.75) is 18.0 Å². The number of rotatable bonds is 7. The lowest BCUT2D eigenvalue weighted by Crippen LogP contribution is -2.30. The van der Waals surface area contributed by atoms with Crippen molar-refractivity contribution in [3.8, 4) is 5.88 Å². The first-order valence-electron chi connectivity index (χ1n) is 8.17. The fourth-order valence-electron chi connectivity index (χ4n) is 2.59. The first-order chi connectivity index (χ1) is 12.6. The average molecular weight is 368 g/mol. The standard InChI is InChI=1S/C20H20N2O3S/c1-25-20-13-12-19(14-21-20)26(23,24)22(15-17-8-4-2-5-9-17)16-18-10-6-3-7-11-18/h2-14H,15-16H2,1H3. The third kappa shape index (κ3) is 4.28. The molecule has 6 heteroatoms. The van der Waals surface area contributed by atoms with E-state index in [2.05, 4.69) is 4.98 Å². The number of hydrogen-bond acceptors (Lipinski definition) is 4. The van der Waals surface area contributed by atoms with E-state index in [4.69, 9.17) is 4.74 Å². The molecule has 0 atom stereocenters. The quantitative estimate of drug-likeness (QED) is 0.641. The maximum Gasteiger partial charge on any atom is 0.245 e.